The summed E-state index contributed by atoms with van der Waals surface area (Å²) in [5.41, 5.74) is 4.32. The molecule has 0 N–H and O–H groups in total. The Kier molecular flexibility index (Phi) is 4.59. The summed E-state index contributed by atoms with van der Waals surface area (Å²) >= 11 is 0. The number of aromatic nitrogens is 2. The van der Waals surface area contributed by atoms with Crippen molar-refractivity contribution in [2.75, 3.05) is 0 Å². The predicted molar refractivity (Wildman–Crippen MR) is 170 cm³/mol. The molecule has 0 saturated carbocycles. The van der Waals surface area contributed by atoms with Gasteiger partial charge in [-0.15, -0.1) is 0 Å². The quantitative estimate of drug-likeness (QED) is 0.215. The Morgan fingerprint density at radius 1 is 0.585 bits per heavy atom. The van der Waals surface area contributed by atoms with Crippen LogP contribution in [0.4, 0.5) is 0 Å². The van der Waals surface area contributed by atoms with Gasteiger partial charge in [0.05, 0.1) is 10.9 Å². The summed E-state index contributed by atoms with van der Waals surface area (Å²) in [6.07, 6.45) is 3.06. The summed E-state index contributed by atoms with van der Waals surface area (Å²) in [7, 11) is 0. The van der Waals surface area contributed by atoms with Crippen molar-refractivity contribution in [3.05, 3.63) is 148 Å². The topological polar surface area (TPSA) is 34.4 Å². The molecule has 0 fully saturated rings. The highest BCUT2D eigenvalue weighted by Crippen LogP contribution is 2.39. The molecule has 2 aromatic heterocycles. The smallest absolute Gasteiger partial charge is 0.264 e. The van der Waals surface area contributed by atoms with Crippen molar-refractivity contribution in [3.63, 3.8) is 0 Å². The fourth-order valence-electron chi connectivity index (χ4n) is 7.12. The van der Waals surface area contributed by atoms with Crippen molar-refractivity contribution in [1.82, 2.24) is 9.38 Å². The maximum Gasteiger partial charge on any atom is 0.264 e. The molecule has 8 aromatic rings. The zero-order valence-corrected chi connectivity index (χ0v) is 22.2. The summed E-state index contributed by atoms with van der Waals surface area (Å²) in [5.74, 6) is 0.865. The lowest BCUT2D eigenvalue weighted by atomic mass is 9.83. The van der Waals surface area contributed by atoms with Crippen LogP contribution >= 0.6 is 0 Å². The lowest BCUT2D eigenvalue weighted by Crippen LogP contribution is -2.22. The number of pyridine rings is 1. The fourth-order valence-corrected chi connectivity index (χ4v) is 7.12. The third-order valence-corrected chi connectivity index (χ3v) is 8.91. The van der Waals surface area contributed by atoms with E-state index in [1.807, 2.05) is 22.6 Å². The molecule has 0 saturated heterocycles. The standard InChI is InChI=1S/C38H24N2O/c41-38-32-17-9-8-16-31(32)35-25(23-10-2-1-3-11-23)20-21-34-36(35)40(38)37(39-34)24-18-19-30-28-14-5-4-12-26(28)27-13-6-7-15-29(27)33(30)22-24/h1-19,21-22,25H,20H2. The summed E-state index contributed by atoms with van der Waals surface area (Å²) in [4.78, 5) is 19.3. The second-order valence-corrected chi connectivity index (χ2v) is 11.0. The molecule has 0 radical (unpaired) electrons. The van der Waals surface area contributed by atoms with Crippen molar-refractivity contribution in [2.45, 2.75) is 12.3 Å². The second kappa shape index (κ2) is 8.36. The molecule has 192 valence electrons. The molecular weight excluding hydrogens is 500 g/mol. The molecule has 41 heavy (non-hydrogen) atoms. The zero-order valence-electron chi connectivity index (χ0n) is 22.2. The van der Waals surface area contributed by atoms with Crippen LogP contribution in [0.25, 0.3) is 66.1 Å². The third kappa shape index (κ3) is 3.09. The first-order chi connectivity index (χ1) is 20.3. The predicted octanol–water partition coefficient (Wildman–Crippen LogP) is 8.01. The molecule has 3 heteroatoms. The lowest BCUT2D eigenvalue weighted by Gasteiger charge is -2.22. The van der Waals surface area contributed by atoms with Gasteiger partial charge in [0.15, 0.2) is 0 Å². The van der Waals surface area contributed by atoms with Gasteiger partial charge in [-0.25, -0.2) is 4.98 Å². The molecular formula is C38H24N2O. The Bertz CT molecular complexity index is 2440. The minimum atomic E-state index is -0.0151. The van der Waals surface area contributed by atoms with E-state index in [0.29, 0.717) is 5.82 Å². The highest BCUT2D eigenvalue weighted by atomic mass is 16.1. The van der Waals surface area contributed by atoms with E-state index in [0.717, 1.165) is 33.6 Å². The summed E-state index contributed by atoms with van der Waals surface area (Å²) in [6.45, 7) is 0. The van der Waals surface area contributed by atoms with Gasteiger partial charge in [0.2, 0.25) is 0 Å². The number of hydrogen-bond acceptors (Lipinski definition) is 2. The van der Waals surface area contributed by atoms with Crippen LogP contribution in [0.5, 0.6) is 0 Å². The van der Waals surface area contributed by atoms with Gasteiger partial charge >= 0.3 is 0 Å². The normalized spacial score (nSPS) is 14.8. The van der Waals surface area contributed by atoms with Crippen LogP contribution in [-0.2, 0) is 0 Å². The molecule has 0 bridgehead atoms. The average Bonchev–Trinajstić information content (AvgIpc) is 3.44. The van der Waals surface area contributed by atoms with Crippen LogP contribution in [0.1, 0.15) is 23.5 Å². The van der Waals surface area contributed by atoms with E-state index >= 15 is 0 Å². The molecule has 1 unspecified atom stereocenters. The van der Waals surface area contributed by atoms with E-state index in [-0.39, 0.29) is 11.5 Å². The van der Waals surface area contributed by atoms with Gasteiger partial charge in [0.25, 0.3) is 5.56 Å². The number of rotatable bonds is 2. The minimum Gasteiger partial charge on any atom is -0.268 e. The van der Waals surface area contributed by atoms with Crippen LogP contribution < -0.4 is 10.9 Å². The minimum absolute atomic E-state index is 0.0151. The van der Waals surface area contributed by atoms with E-state index < -0.39 is 0 Å². The Balaban J connectivity index is 1.40. The van der Waals surface area contributed by atoms with Crippen molar-refractivity contribution in [3.8, 4) is 11.4 Å². The number of fused-ring (bicyclic) bond motifs is 8. The molecule has 1 atom stereocenters. The van der Waals surface area contributed by atoms with Crippen molar-refractivity contribution >= 4 is 54.7 Å². The van der Waals surface area contributed by atoms with Gasteiger partial charge in [-0.1, -0.05) is 115 Å². The molecule has 1 aliphatic rings. The van der Waals surface area contributed by atoms with E-state index in [4.69, 9.17) is 4.98 Å². The van der Waals surface area contributed by atoms with Gasteiger partial charge in [0, 0.05) is 16.9 Å². The molecule has 6 aromatic carbocycles. The first kappa shape index (κ1) is 22.5. The van der Waals surface area contributed by atoms with Crippen LogP contribution in [0.2, 0.25) is 0 Å². The van der Waals surface area contributed by atoms with Gasteiger partial charge in [-0.3, -0.25) is 9.20 Å². The fraction of sp³-hybridized carbons (Fsp3) is 0.0526. The molecule has 0 aliphatic heterocycles. The Hall–Kier alpha value is -5.28. The van der Waals surface area contributed by atoms with Gasteiger partial charge in [0.1, 0.15) is 5.82 Å². The van der Waals surface area contributed by atoms with Gasteiger partial charge in [-0.05, 0) is 67.4 Å². The van der Waals surface area contributed by atoms with Crippen molar-refractivity contribution < 1.29 is 0 Å². The number of hydrogen-bond donors (Lipinski definition) is 0. The van der Waals surface area contributed by atoms with Gasteiger partial charge < -0.3 is 0 Å². The monoisotopic (exact) mass is 524 g/mol. The summed E-state index contributed by atoms with van der Waals surface area (Å²) in [6, 6.07) is 42.4. The van der Waals surface area contributed by atoms with Crippen LogP contribution in [0.15, 0.2) is 126 Å². The van der Waals surface area contributed by atoms with E-state index in [9.17, 15) is 4.79 Å². The van der Waals surface area contributed by atoms with Crippen molar-refractivity contribution in [2.24, 2.45) is 0 Å². The Morgan fingerprint density at radius 2 is 1.15 bits per heavy atom. The highest BCUT2D eigenvalue weighted by molar-refractivity contribution is 6.25. The number of imidazole rings is 1. The number of benzene rings is 6. The Morgan fingerprint density at radius 3 is 1.83 bits per heavy atom. The maximum absolute atomic E-state index is 14.2. The second-order valence-electron chi connectivity index (χ2n) is 11.0. The van der Waals surface area contributed by atoms with Gasteiger partial charge in [-0.2, -0.15) is 0 Å². The van der Waals surface area contributed by atoms with E-state index in [2.05, 4.69) is 109 Å². The molecule has 9 rings (SSSR count). The third-order valence-electron chi connectivity index (χ3n) is 8.91. The molecule has 0 amide bonds. The van der Waals surface area contributed by atoms with Crippen molar-refractivity contribution in [1.29, 1.82) is 0 Å². The maximum atomic E-state index is 14.2. The Labute approximate surface area is 235 Å². The number of nitrogens with zero attached hydrogens (tertiary/aromatic N) is 2. The summed E-state index contributed by atoms with van der Waals surface area (Å²) in [5, 5.41) is 9.96. The SMILES string of the molecule is O=c1c2ccccc2c2c3c(nc(-c4ccc5c6ccccc6c6ccccc6c5c4)n13)=CCC2c1ccccc1. The largest absolute Gasteiger partial charge is 0.268 e. The highest BCUT2D eigenvalue weighted by Gasteiger charge is 2.27. The average molecular weight is 525 g/mol. The molecule has 2 heterocycles. The van der Waals surface area contributed by atoms with Crippen LogP contribution in [0, 0.1) is 0 Å². The summed E-state index contributed by atoms with van der Waals surface area (Å²) < 4.78 is 1.88. The lowest BCUT2D eigenvalue weighted by molar-refractivity contribution is 0.851. The van der Waals surface area contributed by atoms with E-state index in [1.54, 1.807) is 0 Å². The zero-order chi connectivity index (χ0) is 27.1. The van der Waals surface area contributed by atoms with Crippen LogP contribution in [0.3, 0.4) is 0 Å². The first-order valence-corrected chi connectivity index (χ1v) is 14.1. The molecule has 1 aliphatic carbocycles. The van der Waals surface area contributed by atoms with Crippen LogP contribution in [-0.4, -0.2) is 9.38 Å². The molecule has 3 nitrogen and oxygen atoms in total. The first-order valence-electron chi connectivity index (χ1n) is 14.1. The van der Waals surface area contributed by atoms with E-state index in [1.165, 1.54) is 43.4 Å². The molecule has 0 spiro atoms.